The van der Waals surface area contributed by atoms with E-state index in [4.69, 9.17) is 10.5 Å². The van der Waals surface area contributed by atoms with Crippen molar-refractivity contribution in [1.29, 1.82) is 0 Å². The molecule has 0 amide bonds. The van der Waals surface area contributed by atoms with Crippen molar-refractivity contribution in [3.63, 3.8) is 0 Å². The molecule has 20 heavy (non-hydrogen) atoms. The van der Waals surface area contributed by atoms with E-state index < -0.39 is 0 Å². The highest BCUT2D eigenvalue weighted by atomic mass is 16.5. The maximum atomic E-state index is 6.08. The maximum Gasteiger partial charge on any atom is 0.242 e. The molecule has 0 saturated carbocycles. The first-order valence-electron chi connectivity index (χ1n) is 7.14. The van der Waals surface area contributed by atoms with Gasteiger partial charge in [0.25, 0.3) is 0 Å². The van der Waals surface area contributed by atoms with Gasteiger partial charge < -0.3 is 20.7 Å². The van der Waals surface area contributed by atoms with Gasteiger partial charge >= 0.3 is 0 Å². The van der Waals surface area contributed by atoms with E-state index >= 15 is 0 Å². The molecule has 6 nitrogen and oxygen atoms in total. The number of ether oxygens (including phenoxy) is 1. The Kier molecular flexibility index (Phi) is 6.51. The van der Waals surface area contributed by atoms with Gasteiger partial charge in [0.15, 0.2) is 5.82 Å². The lowest BCUT2D eigenvalue weighted by Gasteiger charge is -2.16. The number of nitrogen functional groups attached to an aromatic ring is 1. The summed E-state index contributed by atoms with van der Waals surface area (Å²) in [6, 6.07) is 0. The van der Waals surface area contributed by atoms with Crippen LogP contribution in [0.25, 0.3) is 0 Å². The summed E-state index contributed by atoms with van der Waals surface area (Å²) in [7, 11) is 4.06. The number of hydrogen-bond acceptors (Lipinski definition) is 6. The van der Waals surface area contributed by atoms with Crippen molar-refractivity contribution in [2.45, 2.75) is 33.1 Å². The van der Waals surface area contributed by atoms with Crippen LogP contribution in [0.1, 0.15) is 38.9 Å². The summed E-state index contributed by atoms with van der Waals surface area (Å²) in [6.07, 6.45) is 0.920. The fraction of sp³-hybridized carbons (Fsp3) is 0.714. The van der Waals surface area contributed by atoms with Crippen LogP contribution in [0.4, 0.5) is 11.5 Å². The topological polar surface area (TPSA) is 76.3 Å². The van der Waals surface area contributed by atoms with E-state index in [0.717, 1.165) is 25.3 Å². The van der Waals surface area contributed by atoms with Crippen LogP contribution in [0, 0.1) is 0 Å². The highest BCUT2D eigenvalue weighted by molar-refractivity contribution is 5.67. The van der Waals surface area contributed by atoms with Gasteiger partial charge in [-0.3, -0.25) is 0 Å². The number of aromatic nitrogens is 2. The Labute approximate surface area is 121 Å². The Hall–Kier alpha value is -1.56. The largest absolute Gasteiger partial charge is 0.476 e. The van der Waals surface area contributed by atoms with E-state index in [1.54, 1.807) is 0 Å². The smallest absolute Gasteiger partial charge is 0.242 e. The average Bonchev–Trinajstić information content (AvgIpc) is 2.38. The zero-order chi connectivity index (χ0) is 15.1. The van der Waals surface area contributed by atoms with Crippen LogP contribution in [-0.4, -0.2) is 48.7 Å². The van der Waals surface area contributed by atoms with Gasteiger partial charge in [-0.1, -0.05) is 20.8 Å². The van der Waals surface area contributed by atoms with E-state index in [0.29, 0.717) is 24.0 Å². The summed E-state index contributed by atoms with van der Waals surface area (Å²) < 4.78 is 5.62. The average molecular weight is 281 g/mol. The number of nitrogens with zero attached hydrogens (tertiary/aromatic N) is 3. The van der Waals surface area contributed by atoms with Crippen LogP contribution in [0.5, 0.6) is 5.88 Å². The fourth-order valence-corrected chi connectivity index (χ4v) is 1.56. The SMILES string of the molecule is CCCOc1nc(C(C)C)nc(NCCN(C)C)c1N. The Morgan fingerprint density at radius 1 is 1.30 bits per heavy atom. The van der Waals surface area contributed by atoms with Crippen molar-refractivity contribution in [2.75, 3.05) is 44.8 Å². The monoisotopic (exact) mass is 281 g/mol. The Morgan fingerprint density at radius 2 is 2.00 bits per heavy atom. The molecule has 1 heterocycles. The number of nitrogens with one attached hydrogen (secondary N) is 1. The molecule has 114 valence electrons. The molecule has 0 aliphatic carbocycles. The number of likely N-dealkylation sites (N-methyl/N-ethyl adjacent to an activating group) is 1. The van der Waals surface area contributed by atoms with Crippen molar-refractivity contribution < 1.29 is 4.74 Å². The standard InChI is InChI=1S/C14H27N5O/c1-6-9-20-14-11(15)13(16-7-8-19(4)5)17-12(18-14)10(2)3/h10H,6-9,15H2,1-5H3,(H,16,17,18). The molecule has 0 unspecified atom stereocenters. The van der Waals surface area contributed by atoms with E-state index in [1.807, 2.05) is 14.1 Å². The number of nitrogens with two attached hydrogens (primary N) is 1. The van der Waals surface area contributed by atoms with Crippen LogP contribution in [-0.2, 0) is 0 Å². The lowest BCUT2D eigenvalue weighted by molar-refractivity contribution is 0.305. The van der Waals surface area contributed by atoms with Crippen molar-refractivity contribution in [1.82, 2.24) is 14.9 Å². The second-order valence-electron chi connectivity index (χ2n) is 5.38. The van der Waals surface area contributed by atoms with Gasteiger partial charge in [-0.15, -0.1) is 0 Å². The predicted molar refractivity (Wildman–Crippen MR) is 83.4 cm³/mol. The number of anilines is 2. The fourth-order valence-electron chi connectivity index (χ4n) is 1.56. The third-order valence-electron chi connectivity index (χ3n) is 2.74. The molecule has 0 aliphatic rings. The molecule has 3 N–H and O–H groups in total. The number of hydrogen-bond donors (Lipinski definition) is 2. The normalized spacial score (nSPS) is 11.2. The molecule has 0 aliphatic heterocycles. The van der Waals surface area contributed by atoms with Crippen LogP contribution < -0.4 is 15.8 Å². The van der Waals surface area contributed by atoms with Crippen molar-refractivity contribution in [2.24, 2.45) is 0 Å². The summed E-state index contributed by atoms with van der Waals surface area (Å²) in [5.41, 5.74) is 6.57. The summed E-state index contributed by atoms with van der Waals surface area (Å²) in [5, 5.41) is 3.26. The Balaban J connectivity index is 2.92. The van der Waals surface area contributed by atoms with Crippen LogP contribution in [0.3, 0.4) is 0 Å². The highest BCUT2D eigenvalue weighted by Crippen LogP contribution is 2.28. The third-order valence-corrected chi connectivity index (χ3v) is 2.74. The highest BCUT2D eigenvalue weighted by Gasteiger charge is 2.14. The van der Waals surface area contributed by atoms with Gasteiger partial charge in [-0.25, -0.2) is 4.98 Å². The second-order valence-corrected chi connectivity index (χ2v) is 5.38. The van der Waals surface area contributed by atoms with E-state index in [9.17, 15) is 0 Å². The summed E-state index contributed by atoms with van der Waals surface area (Å²) in [5.74, 6) is 2.13. The van der Waals surface area contributed by atoms with Gasteiger partial charge in [-0.05, 0) is 20.5 Å². The lowest BCUT2D eigenvalue weighted by Crippen LogP contribution is -2.22. The second kappa shape index (κ2) is 7.89. The van der Waals surface area contributed by atoms with Gasteiger partial charge in [0.1, 0.15) is 11.5 Å². The molecular formula is C14H27N5O. The maximum absolute atomic E-state index is 6.08. The first-order chi connectivity index (χ1) is 9.45. The number of rotatable bonds is 8. The molecule has 0 atom stereocenters. The molecule has 0 bridgehead atoms. The molecule has 6 heteroatoms. The predicted octanol–water partition coefficient (Wildman–Crippen LogP) is 1.94. The molecular weight excluding hydrogens is 254 g/mol. The Morgan fingerprint density at radius 3 is 2.55 bits per heavy atom. The molecule has 1 rings (SSSR count). The first kappa shape index (κ1) is 16.5. The van der Waals surface area contributed by atoms with Crippen LogP contribution >= 0.6 is 0 Å². The quantitative estimate of drug-likeness (QED) is 0.758. The zero-order valence-electron chi connectivity index (χ0n) is 13.2. The van der Waals surface area contributed by atoms with Gasteiger partial charge in [0.05, 0.1) is 6.61 Å². The van der Waals surface area contributed by atoms with Gasteiger partial charge in [0, 0.05) is 19.0 Å². The minimum atomic E-state index is 0.231. The molecule has 0 fully saturated rings. The molecule has 1 aromatic heterocycles. The lowest BCUT2D eigenvalue weighted by atomic mass is 10.2. The van der Waals surface area contributed by atoms with Crippen LogP contribution in [0.15, 0.2) is 0 Å². The molecule has 0 aromatic carbocycles. The summed E-state index contributed by atoms with van der Waals surface area (Å²) in [6.45, 7) is 8.45. The van der Waals surface area contributed by atoms with E-state index in [1.165, 1.54) is 0 Å². The minimum absolute atomic E-state index is 0.231. The minimum Gasteiger partial charge on any atom is -0.476 e. The van der Waals surface area contributed by atoms with Crippen molar-refractivity contribution >= 4 is 11.5 Å². The van der Waals surface area contributed by atoms with E-state index in [-0.39, 0.29) is 5.92 Å². The Bertz CT molecular complexity index is 420. The zero-order valence-corrected chi connectivity index (χ0v) is 13.2. The molecule has 0 spiro atoms. The van der Waals surface area contributed by atoms with Crippen LogP contribution in [0.2, 0.25) is 0 Å². The van der Waals surface area contributed by atoms with Gasteiger partial charge in [-0.2, -0.15) is 4.98 Å². The molecule has 0 radical (unpaired) electrons. The van der Waals surface area contributed by atoms with Crippen molar-refractivity contribution in [3.8, 4) is 5.88 Å². The third kappa shape index (κ3) is 4.85. The summed E-state index contributed by atoms with van der Waals surface area (Å²) in [4.78, 5) is 11.0. The van der Waals surface area contributed by atoms with Gasteiger partial charge in [0.2, 0.25) is 5.88 Å². The summed E-state index contributed by atoms with van der Waals surface area (Å²) >= 11 is 0. The molecule has 1 aromatic rings. The molecule has 0 saturated heterocycles. The first-order valence-corrected chi connectivity index (χ1v) is 7.14. The van der Waals surface area contributed by atoms with E-state index in [2.05, 4.69) is 41.0 Å². The van der Waals surface area contributed by atoms with Crippen molar-refractivity contribution in [3.05, 3.63) is 5.82 Å².